The van der Waals surface area contributed by atoms with Gasteiger partial charge in [-0.3, -0.25) is 0 Å². The zero-order valence-corrected chi connectivity index (χ0v) is 23.0. The topological polar surface area (TPSA) is 36.9 Å². The molecule has 0 amide bonds. The van der Waals surface area contributed by atoms with Crippen LogP contribution < -0.4 is 15.4 Å². The van der Waals surface area contributed by atoms with Crippen LogP contribution in [0.3, 0.4) is 0 Å². The van der Waals surface area contributed by atoms with Crippen LogP contribution >= 0.6 is 0 Å². The number of rotatable bonds is 6. The molecule has 1 saturated heterocycles. The van der Waals surface area contributed by atoms with Crippen molar-refractivity contribution in [2.24, 2.45) is 17.8 Å². The van der Waals surface area contributed by atoms with Crippen molar-refractivity contribution in [3.63, 3.8) is 0 Å². The number of benzene rings is 1. The van der Waals surface area contributed by atoms with Crippen molar-refractivity contribution >= 4 is 25.8 Å². The minimum atomic E-state index is -1.58. The van der Waals surface area contributed by atoms with Gasteiger partial charge in [0, 0.05) is 12.6 Å². The number of ether oxygens (including phenoxy) is 2. The molecule has 182 valence electrons. The molecule has 5 fully saturated rings. The quantitative estimate of drug-likeness (QED) is 0.434. The molecule has 5 aliphatic rings. The summed E-state index contributed by atoms with van der Waals surface area (Å²) in [6, 6.07) is 4.86. The molecule has 33 heavy (non-hydrogen) atoms. The molecule has 4 nitrogen and oxygen atoms in total. The highest BCUT2D eigenvalue weighted by Crippen LogP contribution is 2.61. The number of hydrogen-bond acceptors (Lipinski definition) is 4. The smallest absolute Gasteiger partial charge is 0.468 e. The fourth-order valence-corrected chi connectivity index (χ4v) is 8.51. The first-order chi connectivity index (χ1) is 15.3. The number of hydrogen-bond donors (Lipinski definition) is 0. The van der Waals surface area contributed by atoms with Gasteiger partial charge in [-0.05, 0) is 95.0 Å². The molecule has 1 heterocycles. The molecule has 4 aliphatic carbocycles. The molecule has 6 heteroatoms. The predicted molar refractivity (Wildman–Crippen MR) is 137 cm³/mol. The molecule has 0 N–H and O–H groups in total. The van der Waals surface area contributed by atoms with Crippen molar-refractivity contribution in [2.45, 2.75) is 102 Å². The molecule has 0 atom stereocenters. The van der Waals surface area contributed by atoms with Crippen molar-refractivity contribution in [1.82, 2.24) is 0 Å². The second kappa shape index (κ2) is 7.84. The Labute approximate surface area is 202 Å². The van der Waals surface area contributed by atoms with Gasteiger partial charge in [0.15, 0.2) is 6.79 Å². The fraction of sp³-hybridized carbons (Fsp3) is 0.778. The monoisotopic (exact) mass is 470 g/mol. The van der Waals surface area contributed by atoms with Gasteiger partial charge < -0.3 is 18.8 Å². The Hall–Kier alpha value is -0.818. The van der Waals surface area contributed by atoms with Gasteiger partial charge in [0.25, 0.3) is 0 Å². The molecule has 0 spiro atoms. The van der Waals surface area contributed by atoms with E-state index in [0.717, 1.165) is 29.0 Å². The Morgan fingerprint density at radius 1 is 0.909 bits per heavy atom. The van der Waals surface area contributed by atoms with Gasteiger partial charge in [-0.25, -0.2) is 0 Å². The molecule has 4 saturated carbocycles. The number of methoxy groups -OCH3 is 1. The maximum Gasteiger partial charge on any atom is 0.498 e. The largest absolute Gasteiger partial charge is 0.498 e. The van der Waals surface area contributed by atoms with Crippen LogP contribution in [0, 0.1) is 17.8 Å². The second-order valence-electron chi connectivity index (χ2n) is 13.5. The van der Waals surface area contributed by atoms with E-state index in [1.54, 1.807) is 7.11 Å². The zero-order valence-electron chi connectivity index (χ0n) is 22.0. The third kappa shape index (κ3) is 4.03. The summed E-state index contributed by atoms with van der Waals surface area (Å²) in [5, 5.41) is 1.47. The summed E-state index contributed by atoms with van der Waals surface area (Å²) in [7, 11) is -0.306. The van der Waals surface area contributed by atoms with E-state index in [1.807, 2.05) is 0 Å². The average molecular weight is 471 g/mol. The van der Waals surface area contributed by atoms with E-state index in [-0.39, 0.29) is 23.4 Å². The molecular weight excluding hydrogens is 427 g/mol. The van der Waals surface area contributed by atoms with E-state index in [2.05, 4.69) is 59.5 Å². The van der Waals surface area contributed by atoms with Crippen molar-refractivity contribution in [3.05, 3.63) is 17.7 Å². The summed E-state index contributed by atoms with van der Waals surface area (Å²) in [5.74, 6) is 3.60. The van der Waals surface area contributed by atoms with Crippen molar-refractivity contribution in [1.29, 1.82) is 0 Å². The van der Waals surface area contributed by atoms with Gasteiger partial charge in [0.2, 0.25) is 0 Å². The lowest BCUT2D eigenvalue weighted by molar-refractivity contribution is -0.00867. The fourth-order valence-electron chi connectivity index (χ4n) is 7.34. The van der Waals surface area contributed by atoms with Crippen LogP contribution in [-0.2, 0) is 19.5 Å². The summed E-state index contributed by atoms with van der Waals surface area (Å²) in [6.45, 7) is 16.1. The molecule has 0 radical (unpaired) electrons. The molecule has 6 rings (SSSR count). The maximum absolute atomic E-state index is 6.58. The lowest BCUT2D eigenvalue weighted by Crippen LogP contribution is -2.51. The van der Waals surface area contributed by atoms with Gasteiger partial charge in [-0.1, -0.05) is 37.0 Å². The van der Waals surface area contributed by atoms with Crippen molar-refractivity contribution in [2.75, 3.05) is 13.9 Å². The summed E-state index contributed by atoms with van der Waals surface area (Å²) >= 11 is 0. The minimum Gasteiger partial charge on any atom is -0.468 e. The van der Waals surface area contributed by atoms with Gasteiger partial charge >= 0.3 is 7.12 Å². The zero-order chi connectivity index (χ0) is 23.8. The highest BCUT2D eigenvalue weighted by atomic mass is 28.3. The maximum atomic E-state index is 6.58. The molecule has 1 aromatic carbocycles. The van der Waals surface area contributed by atoms with Gasteiger partial charge in [0.1, 0.15) is 5.75 Å². The van der Waals surface area contributed by atoms with Crippen LogP contribution in [-0.4, -0.2) is 40.3 Å². The molecule has 1 aliphatic heterocycles. The second-order valence-corrected chi connectivity index (χ2v) is 18.6. The van der Waals surface area contributed by atoms with Crippen LogP contribution in [0.5, 0.6) is 5.75 Å². The Morgan fingerprint density at radius 2 is 1.42 bits per heavy atom. The summed E-state index contributed by atoms with van der Waals surface area (Å²) in [6.07, 6.45) is 8.23. The molecule has 4 bridgehead atoms. The molecule has 0 aromatic heterocycles. The molecule has 1 aromatic rings. The van der Waals surface area contributed by atoms with E-state index in [4.69, 9.17) is 18.8 Å². The van der Waals surface area contributed by atoms with E-state index < -0.39 is 15.2 Å². The van der Waals surface area contributed by atoms with E-state index in [1.165, 1.54) is 49.3 Å². The van der Waals surface area contributed by atoms with Crippen molar-refractivity contribution < 1.29 is 18.8 Å². The normalized spacial score (nSPS) is 34.2. The lowest BCUT2D eigenvalue weighted by atomic mass is 9.47. The van der Waals surface area contributed by atoms with Crippen LogP contribution in [0.1, 0.15) is 71.8 Å². The Morgan fingerprint density at radius 3 is 1.88 bits per heavy atom. The van der Waals surface area contributed by atoms with Gasteiger partial charge in [-0.2, -0.15) is 0 Å². The standard InChI is InChI=1S/C27H43BO4Si/c1-25(2)26(3,4)32-28(31-25)23-13-21(33(6,7)8)12-22(24(23)30-17-29-5)27-14-18-9-19(15-27)11-20(10-18)16-27/h12-13,18-20H,9-11,14-17H2,1-8H3. The first kappa shape index (κ1) is 23.9. The van der Waals surface area contributed by atoms with E-state index in [0.29, 0.717) is 0 Å². The minimum absolute atomic E-state index is 0.228. The van der Waals surface area contributed by atoms with Crippen LogP contribution in [0.25, 0.3) is 0 Å². The molecule has 0 unspecified atom stereocenters. The predicted octanol–water partition coefficient (Wildman–Crippen LogP) is 4.98. The van der Waals surface area contributed by atoms with Gasteiger partial charge in [0.05, 0.1) is 19.3 Å². The summed E-state index contributed by atoms with van der Waals surface area (Å²) in [5.41, 5.74) is 1.95. The average Bonchev–Trinajstić information content (AvgIpc) is 2.91. The molecular formula is C27H43BO4Si. The Kier molecular flexibility index (Phi) is 5.68. The van der Waals surface area contributed by atoms with Crippen molar-refractivity contribution in [3.8, 4) is 5.75 Å². The van der Waals surface area contributed by atoms with E-state index >= 15 is 0 Å². The van der Waals surface area contributed by atoms with Crippen LogP contribution in [0.15, 0.2) is 12.1 Å². The van der Waals surface area contributed by atoms with Crippen LogP contribution in [0.4, 0.5) is 0 Å². The first-order valence-corrected chi connectivity index (χ1v) is 16.5. The van der Waals surface area contributed by atoms with Gasteiger partial charge in [-0.15, -0.1) is 0 Å². The third-order valence-corrected chi connectivity index (χ3v) is 11.4. The Balaban J connectivity index is 1.68. The third-order valence-electron chi connectivity index (χ3n) is 9.42. The Bertz CT molecular complexity index is 868. The highest BCUT2D eigenvalue weighted by molar-refractivity contribution is 6.89. The van der Waals surface area contributed by atoms with E-state index in [9.17, 15) is 0 Å². The SMILES string of the molecule is COCOc1c(B2OC(C)(C)C(C)(C)O2)cc([Si](C)(C)C)cc1C12CC3CC(CC(C3)C1)C2. The highest BCUT2D eigenvalue weighted by Gasteiger charge is 2.56. The first-order valence-electron chi connectivity index (χ1n) is 13.0. The summed E-state index contributed by atoms with van der Waals surface area (Å²) in [4.78, 5) is 0. The van der Waals surface area contributed by atoms with Crippen LogP contribution in [0.2, 0.25) is 19.6 Å². The summed E-state index contributed by atoms with van der Waals surface area (Å²) < 4.78 is 25.0. The lowest BCUT2D eigenvalue weighted by Gasteiger charge is -2.57.